The highest BCUT2D eigenvalue weighted by Crippen LogP contribution is 2.17. The molecular weight excluding hydrogens is 256 g/mol. The fraction of sp³-hybridized carbons (Fsp3) is 0.429. The van der Waals surface area contributed by atoms with Crippen molar-refractivity contribution in [3.05, 3.63) is 34.2 Å². The Balaban J connectivity index is 2.16. The minimum Gasteiger partial charge on any atom is -0.348 e. The lowest BCUT2D eigenvalue weighted by Crippen LogP contribution is -2.44. The number of H-pyrrole nitrogens is 2. The van der Waals surface area contributed by atoms with E-state index in [-0.39, 0.29) is 23.6 Å². The maximum absolute atomic E-state index is 11.9. The summed E-state index contributed by atoms with van der Waals surface area (Å²) in [5, 5.41) is 2.88. The van der Waals surface area contributed by atoms with E-state index < -0.39 is 6.04 Å². The number of amides is 1. The van der Waals surface area contributed by atoms with Gasteiger partial charge in [0.2, 0.25) is 5.91 Å². The Morgan fingerprint density at radius 3 is 2.50 bits per heavy atom. The van der Waals surface area contributed by atoms with Crippen LogP contribution in [-0.2, 0) is 4.79 Å². The Labute approximate surface area is 116 Å². The molecule has 0 fully saturated rings. The van der Waals surface area contributed by atoms with Gasteiger partial charge < -0.3 is 21.0 Å². The number of fused-ring (bicyclic) bond motifs is 1. The first kappa shape index (κ1) is 14.3. The fourth-order valence-electron chi connectivity index (χ4n) is 2.02. The van der Waals surface area contributed by atoms with Crippen molar-refractivity contribution in [3.63, 3.8) is 0 Å². The molecule has 6 heteroatoms. The Morgan fingerprint density at radius 1 is 1.20 bits per heavy atom. The van der Waals surface area contributed by atoms with Crippen molar-refractivity contribution < 1.29 is 4.79 Å². The molecule has 20 heavy (non-hydrogen) atoms. The van der Waals surface area contributed by atoms with Crippen molar-refractivity contribution in [2.45, 2.75) is 32.9 Å². The SMILES string of the molecule is CC(NC(=O)[C@@H](N)C(C)C)c1ccc2[nH]c(=O)[nH]c2c1. The molecule has 1 heterocycles. The molecular formula is C14H20N4O2. The molecule has 1 amide bonds. The summed E-state index contributed by atoms with van der Waals surface area (Å²) < 4.78 is 0. The molecule has 0 spiro atoms. The first-order valence-corrected chi connectivity index (χ1v) is 6.66. The van der Waals surface area contributed by atoms with Crippen LogP contribution in [0.5, 0.6) is 0 Å². The third-order valence-electron chi connectivity index (χ3n) is 3.42. The number of nitrogens with one attached hydrogen (secondary N) is 3. The van der Waals surface area contributed by atoms with Crippen LogP contribution in [-0.4, -0.2) is 21.9 Å². The molecule has 1 aromatic heterocycles. The van der Waals surface area contributed by atoms with Crippen LogP contribution in [0.3, 0.4) is 0 Å². The molecule has 5 N–H and O–H groups in total. The standard InChI is InChI=1S/C14H20N4O2/c1-7(2)12(15)13(19)16-8(3)9-4-5-10-11(6-9)18-14(20)17-10/h4-8,12H,15H2,1-3H3,(H,16,19)(H2,17,18,20)/t8?,12-/m0/s1. The molecule has 0 aliphatic rings. The molecule has 0 aliphatic carbocycles. The van der Waals surface area contributed by atoms with Gasteiger partial charge in [-0.2, -0.15) is 0 Å². The second-order valence-corrected chi connectivity index (χ2v) is 5.38. The van der Waals surface area contributed by atoms with Crippen LogP contribution < -0.4 is 16.7 Å². The van der Waals surface area contributed by atoms with Crippen LogP contribution in [0.25, 0.3) is 11.0 Å². The highest BCUT2D eigenvalue weighted by atomic mass is 16.2. The topological polar surface area (TPSA) is 104 Å². The van der Waals surface area contributed by atoms with Gasteiger partial charge in [0, 0.05) is 0 Å². The van der Waals surface area contributed by atoms with Gasteiger partial charge in [-0.3, -0.25) is 4.79 Å². The first-order chi connectivity index (χ1) is 9.38. The number of aromatic nitrogens is 2. The number of hydrogen-bond donors (Lipinski definition) is 4. The van der Waals surface area contributed by atoms with Gasteiger partial charge in [-0.25, -0.2) is 4.79 Å². The zero-order valence-corrected chi connectivity index (χ0v) is 11.9. The van der Waals surface area contributed by atoms with Crippen LogP contribution >= 0.6 is 0 Å². The van der Waals surface area contributed by atoms with Crippen LogP contribution in [0, 0.1) is 5.92 Å². The molecule has 0 bridgehead atoms. The first-order valence-electron chi connectivity index (χ1n) is 6.66. The molecule has 1 aromatic carbocycles. The number of rotatable bonds is 4. The lowest BCUT2D eigenvalue weighted by molar-refractivity contribution is -0.123. The number of carbonyl (C=O) groups is 1. The third kappa shape index (κ3) is 2.91. The minimum absolute atomic E-state index is 0.0886. The van der Waals surface area contributed by atoms with E-state index in [1.807, 2.05) is 39.0 Å². The Morgan fingerprint density at radius 2 is 1.85 bits per heavy atom. The molecule has 108 valence electrons. The second-order valence-electron chi connectivity index (χ2n) is 5.38. The molecule has 0 radical (unpaired) electrons. The number of carbonyl (C=O) groups excluding carboxylic acids is 1. The van der Waals surface area contributed by atoms with Gasteiger partial charge in [-0.15, -0.1) is 0 Å². The summed E-state index contributed by atoms with van der Waals surface area (Å²) in [6, 6.07) is 4.84. The van der Waals surface area contributed by atoms with Gasteiger partial charge in [-0.1, -0.05) is 19.9 Å². The lowest BCUT2D eigenvalue weighted by atomic mass is 10.0. The second kappa shape index (κ2) is 5.50. The van der Waals surface area contributed by atoms with Crippen molar-refractivity contribution in [2.75, 3.05) is 0 Å². The smallest absolute Gasteiger partial charge is 0.323 e. The molecule has 0 aliphatic heterocycles. The van der Waals surface area contributed by atoms with Gasteiger partial charge in [-0.05, 0) is 30.5 Å². The van der Waals surface area contributed by atoms with E-state index in [9.17, 15) is 9.59 Å². The zero-order valence-electron chi connectivity index (χ0n) is 11.9. The van der Waals surface area contributed by atoms with Gasteiger partial charge in [0.15, 0.2) is 0 Å². The molecule has 1 unspecified atom stereocenters. The van der Waals surface area contributed by atoms with Crippen molar-refractivity contribution in [3.8, 4) is 0 Å². The maximum Gasteiger partial charge on any atom is 0.323 e. The summed E-state index contributed by atoms with van der Waals surface area (Å²) in [5.74, 6) is -0.0825. The average Bonchev–Trinajstić information content (AvgIpc) is 2.76. The van der Waals surface area contributed by atoms with Gasteiger partial charge in [0.25, 0.3) is 0 Å². The molecule has 6 nitrogen and oxygen atoms in total. The number of imidazole rings is 1. The van der Waals surface area contributed by atoms with E-state index in [0.29, 0.717) is 0 Å². The summed E-state index contributed by atoms with van der Waals surface area (Å²) in [7, 11) is 0. The van der Waals surface area contributed by atoms with Gasteiger partial charge in [0.05, 0.1) is 23.1 Å². The predicted octanol–water partition coefficient (Wildman–Crippen LogP) is 1.02. The van der Waals surface area contributed by atoms with E-state index in [1.165, 1.54) is 0 Å². The van der Waals surface area contributed by atoms with Crippen LogP contribution in [0.1, 0.15) is 32.4 Å². The molecule has 2 rings (SSSR count). The maximum atomic E-state index is 11.9. The molecule has 2 atom stereocenters. The zero-order chi connectivity index (χ0) is 14.9. The Hall–Kier alpha value is -2.08. The monoisotopic (exact) mass is 276 g/mol. The van der Waals surface area contributed by atoms with Gasteiger partial charge >= 0.3 is 5.69 Å². The Bertz CT molecular complexity index is 671. The van der Waals surface area contributed by atoms with Crippen molar-refractivity contribution in [1.29, 1.82) is 0 Å². The van der Waals surface area contributed by atoms with Crippen LogP contribution in [0.4, 0.5) is 0 Å². The van der Waals surface area contributed by atoms with Crippen molar-refractivity contribution >= 4 is 16.9 Å². The quantitative estimate of drug-likeness (QED) is 0.670. The number of benzene rings is 1. The van der Waals surface area contributed by atoms with Gasteiger partial charge in [0.1, 0.15) is 0 Å². The fourth-order valence-corrected chi connectivity index (χ4v) is 2.02. The highest BCUT2D eigenvalue weighted by Gasteiger charge is 2.19. The number of nitrogens with two attached hydrogens (primary N) is 1. The molecule has 0 saturated heterocycles. The normalized spacial score (nSPS) is 14.4. The third-order valence-corrected chi connectivity index (χ3v) is 3.42. The molecule has 0 saturated carbocycles. The summed E-state index contributed by atoms with van der Waals surface area (Å²) in [4.78, 5) is 28.5. The summed E-state index contributed by atoms with van der Waals surface area (Å²) >= 11 is 0. The average molecular weight is 276 g/mol. The van der Waals surface area contributed by atoms with Crippen LogP contribution in [0.2, 0.25) is 0 Å². The van der Waals surface area contributed by atoms with Crippen LogP contribution in [0.15, 0.2) is 23.0 Å². The van der Waals surface area contributed by atoms with E-state index >= 15 is 0 Å². The molecule has 2 aromatic rings. The Kier molecular flexibility index (Phi) is 3.94. The summed E-state index contributed by atoms with van der Waals surface area (Å²) in [6.07, 6.45) is 0. The number of aromatic amines is 2. The van der Waals surface area contributed by atoms with E-state index in [4.69, 9.17) is 5.73 Å². The van der Waals surface area contributed by atoms with Crippen molar-refractivity contribution in [2.24, 2.45) is 11.7 Å². The van der Waals surface area contributed by atoms with Crippen molar-refractivity contribution in [1.82, 2.24) is 15.3 Å². The summed E-state index contributed by atoms with van der Waals surface area (Å²) in [5.41, 5.74) is 7.96. The predicted molar refractivity (Wildman–Crippen MR) is 78.3 cm³/mol. The number of hydrogen-bond acceptors (Lipinski definition) is 3. The van der Waals surface area contributed by atoms with E-state index in [2.05, 4.69) is 15.3 Å². The minimum atomic E-state index is -0.520. The van der Waals surface area contributed by atoms with E-state index in [1.54, 1.807) is 0 Å². The summed E-state index contributed by atoms with van der Waals surface area (Å²) in [6.45, 7) is 5.70. The van der Waals surface area contributed by atoms with E-state index in [0.717, 1.165) is 16.6 Å². The largest absolute Gasteiger partial charge is 0.348 e. The highest BCUT2D eigenvalue weighted by molar-refractivity contribution is 5.82. The lowest BCUT2D eigenvalue weighted by Gasteiger charge is -2.20.